The van der Waals surface area contributed by atoms with E-state index in [1.807, 2.05) is 0 Å². The number of alkyl halides is 3. The lowest BCUT2D eigenvalue weighted by atomic mass is 10.2. The molecule has 1 amide bonds. The average molecular weight is 425 g/mol. The van der Waals surface area contributed by atoms with Crippen molar-refractivity contribution in [3.8, 4) is 11.4 Å². The Morgan fingerprint density at radius 3 is 2.72 bits per heavy atom. The molecule has 0 spiro atoms. The summed E-state index contributed by atoms with van der Waals surface area (Å²) in [7, 11) is 0. The van der Waals surface area contributed by atoms with E-state index in [-0.39, 0.29) is 24.5 Å². The lowest BCUT2D eigenvalue weighted by molar-refractivity contribution is -0.137. The van der Waals surface area contributed by atoms with E-state index in [1.54, 1.807) is 18.4 Å². The molecule has 29 heavy (non-hydrogen) atoms. The van der Waals surface area contributed by atoms with Gasteiger partial charge in [-0.25, -0.2) is 4.98 Å². The molecule has 3 aromatic heterocycles. The Balaban J connectivity index is 1.79. The van der Waals surface area contributed by atoms with Crippen molar-refractivity contribution in [1.29, 1.82) is 0 Å². The van der Waals surface area contributed by atoms with Gasteiger partial charge in [0.15, 0.2) is 0 Å². The Morgan fingerprint density at radius 1 is 1.41 bits per heavy atom. The average Bonchev–Trinajstić information content (AvgIpc) is 3.32. The first-order valence-electron chi connectivity index (χ1n) is 8.52. The van der Waals surface area contributed by atoms with Crippen LogP contribution in [0.3, 0.4) is 0 Å². The predicted octanol–water partition coefficient (Wildman–Crippen LogP) is 2.78. The number of thiazole rings is 1. The molecular formula is C18H18F3N5O2S. The van der Waals surface area contributed by atoms with E-state index in [0.717, 1.165) is 12.3 Å². The number of hydrogen-bond donors (Lipinski definition) is 4. The molecular weight excluding hydrogens is 407 g/mol. The van der Waals surface area contributed by atoms with Gasteiger partial charge in [-0.2, -0.15) is 13.2 Å². The summed E-state index contributed by atoms with van der Waals surface area (Å²) >= 11 is 1.26. The highest BCUT2D eigenvalue weighted by atomic mass is 32.1. The van der Waals surface area contributed by atoms with Crippen LogP contribution in [0.2, 0.25) is 0 Å². The molecule has 0 aliphatic rings. The van der Waals surface area contributed by atoms with Crippen molar-refractivity contribution < 1.29 is 23.1 Å². The first kappa shape index (κ1) is 21.0. The summed E-state index contributed by atoms with van der Waals surface area (Å²) in [5, 5.41) is 14.1. The third-order valence-electron chi connectivity index (χ3n) is 4.21. The number of rotatable bonds is 6. The first-order valence-corrected chi connectivity index (χ1v) is 9.40. The highest BCUT2D eigenvalue weighted by Gasteiger charge is 2.30. The largest absolute Gasteiger partial charge is 0.417 e. The molecule has 7 nitrogen and oxygen atoms in total. The van der Waals surface area contributed by atoms with Gasteiger partial charge in [-0.1, -0.05) is 0 Å². The number of aromatic amines is 1. The highest BCUT2D eigenvalue weighted by Crippen LogP contribution is 2.30. The van der Waals surface area contributed by atoms with Crippen LogP contribution in [0, 0.1) is 6.92 Å². The lowest BCUT2D eigenvalue weighted by Gasteiger charge is -2.14. The van der Waals surface area contributed by atoms with Crippen molar-refractivity contribution >= 4 is 17.2 Å². The number of pyridine rings is 1. The third-order valence-corrected chi connectivity index (χ3v) is 5.06. The van der Waals surface area contributed by atoms with Crippen LogP contribution < -0.4 is 11.1 Å². The van der Waals surface area contributed by atoms with E-state index in [1.165, 1.54) is 17.4 Å². The molecule has 0 saturated carbocycles. The number of aliphatic hydroxyl groups excluding tert-OH is 1. The Labute approximate surface area is 167 Å². The zero-order valence-electron chi connectivity index (χ0n) is 15.2. The van der Waals surface area contributed by atoms with Gasteiger partial charge in [0.25, 0.3) is 5.91 Å². The molecule has 3 aromatic rings. The minimum absolute atomic E-state index is 0.105. The molecule has 11 heteroatoms. The third kappa shape index (κ3) is 4.63. The maximum absolute atomic E-state index is 12.7. The number of halogens is 3. The number of carbonyl (C=O) groups excluding carboxylic acids is 1. The zero-order valence-corrected chi connectivity index (χ0v) is 16.1. The van der Waals surface area contributed by atoms with Gasteiger partial charge in [0, 0.05) is 18.1 Å². The summed E-state index contributed by atoms with van der Waals surface area (Å²) in [5.41, 5.74) is 6.99. The Bertz CT molecular complexity index is 998. The maximum atomic E-state index is 12.7. The van der Waals surface area contributed by atoms with Gasteiger partial charge >= 0.3 is 6.18 Å². The second-order valence-corrected chi connectivity index (χ2v) is 7.20. The van der Waals surface area contributed by atoms with E-state index >= 15 is 0 Å². The fourth-order valence-electron chi connectivity index (χ4n) is 2.69. The molecule has 0 bridgehead atoms. The molecule has 0 saturated heterocycles. The van der Waals surface area contributed by atoms with E-state index in [9.17, 15) is 18.0 Å². The Morgan fingerprint density at radius 2 is 2.17 bits per heavy atom. The van der Waals surface area contributed by atoms with Crippen molar-refractivity contribution in [3.63, 3.8) is 0 Å². The van der Waals surface area contributed by atoms with E-state index < -0.39 is 23.7 Å². The van der Waals surface area contributed by atoms with Crippen molar-refractivity contribution in [3.05, 3.63) is 57.3 Å². The molecule has 0 fully saturated rings. The van der Waals surface area contributed by atoms with E-state index in [0.29, 0.717) is 22.0 Å². The molecule has 5 N–H and O–H groups in total. The standard InChI is InChI=1S/C18H18F3N5O2S/c1-9-4-12(11-3-2-10(6-23-11)18(19,20)21)25-16(9)17(28)26-13(5-22)14-8-29-15(7-27)24-14/h2-4,6,8,13,25,27H,5,7,22H2,1H3,(H,26,28). The number of nitrogens with one attached hydrogen (secondary N) is 2. The van der Waals surface area contributed by atoms with Crippen LogP contribution >= 0.6 is 11.3 Å². The molecule has 1 unspecified atom stereocenters. The van der Waals surface area contributed by atoms with Crippen LogP contribution in [0.15, 0.2) is 29.8 Å². The number of amides is 1. The molecule has 3 rings (SSSR count). The van der Waals surface area contributed by atoms with Crippen molar-refractivity contribution in [2.75, 3.05) is 6.54 Å². The SMILES string of the molecule is Cc1cc(-c2ccc(C(F)(F)F)cn2)[nH]c1C(=O)NC(CN)c1csc(CO)n1. The lowest BCUT2D eigenvalue weighted by Crippen LogP contribution is -2.34. The molecule has 1 atom stereocenters. The van der Waals surface area contributed by atoms with Crippen LogP contribution in [-0.4, -0.2) is 32.5 Å². The van der Waals surface area contributed by atoms with Crippen LogP contribution in [-0.2, 0) is 12.8 Å². The zero-order chi connectivity index (χ0) is 21.2. The molecule has 0 aliphatic carbocycles. The van der Waals surface area contributed by atoms with Crippen molar-refractivity contribution in [2.24, 2.45) is 5.73 Å². The topological polar surface area (TPSA) is 117 Å². The summed E-state index contributed by atoms with van der Waals surface area (Å²) in [4.78, 5) is 23.6. The number of aryl methyl sites for hydroxylation is 1. The number of H-pyrrole nitrogens is 1. The van der Waals surface area contributed by atoms with Gasteiger partial charge in [0.05, 0.1) is 35.3 Å². The van der Waals surface area contributed by atoms with E-state index in [4.69, 9.17) is 10.8 Å². The van der Waals surface area contributed by atoms with Gasteiger partial charge in [0.2, 0.25) is 0 Å². The van der Waals surface area contributed by atoms with Crippen LogP contribution in [0.5, 0.6) is 0 Å². The second kappa shape index (κ2) is 8.31. The van der Waals surface area contributed by atoms with Gasteiger partial charge in [-0.05, 0) is 30.7 Å². The van der Waals surface area contributed by atoms with E-state index in [2.05, 4.69) is 20.3 Å². The summed E-state index contributed by atoms with van der Waals surface area (Å²) < 4.78 is 38.1. The van der Waals surface area contributed by atoms with Crippen molar-refractivity contribution in [2.45, 2.75) is 25.7 Å². The molecule has 0 radical (unpaired) electrons. The number of carbonyl (C=O) groups is 1. The van der Waals surface area contributed by atoms with Gasteiger partial charge in [-0.15, -0.1) is 11.3 Å². The minimum Gasteiger partial charge on any atom is -0.389 e. The normalized spacial score (nSPS) is 12.8. The number of nitrogens with zero attached hydrogens (tertiary/aromatic N) is 2. The number of aromatic nitrogens is 3. The molecule has 3 heterocycles. The Hall–Kier alpha value is -2.76. The molecule has 0 aliphatic heterocycles. The number of nitrogens with two attached hydrogens (primary N) is 1. The van der Waals surface area contributed by atoms with Gasteiger partial charge in [-0.3, -0.25) is 9.78 Å². The van der Waals surface area contributed by atoms with Crippen LogP contribution in [0.25, 0.3) is 11.4 Å². The Kier molecular flexibility index (Phi) is 6.01. The fourth-order valence-corrected chi connectivity index (χ4v) is 3.40. The summed E-state index contributed by atoms with van der Waals surface area (Å²) in [6.07, 6.45) is -3.72. The van der Waals surface area contributed by atoms with Gasteiger partial charge in [0.1, 0.15) is 10.7 Å². The quantitative estimate of drug-likeness (QED) is 0.485. The van der Waals surface area contributed by atoms with Crippen LogP contribution in [0.4, 0.5) is 13.2 Å². The first-order chi connectivity index (χ1) is 13.7. The molecule has 0 aromatic carbocycles. The van der Waals surface area contributed by atoms with Crippen molar-refractivity contribution in [1.82, 2.24) is 20.3 Å². The van der Waals surface area contributed by atoms with Gasteiger partial charge < -0.3 is 21.1 Å². The fraction of sp³-hybridized carbons (Fsp3) is 0.278. The highest BCUT2D eigenvalue weighted by molar-refractivity contribution is 7.09. The molecule has 154 valence electrons. The number of aliphatic hydroxyl groups is 1. The summed E-state index contributed by atoms with van der Waals surface area (Å²) in [6, 6.07) is 3.26. The second-order valence-electron chi connectivity index (χ2n) is 6.26. The smallest absolute Gasteiger partial charge is 0.389 e. The monoisotopic (exact) mass is 425 g/mol. The number of hydrogen-bond acceptors (Lipinski definition) is 6. The summed E-state index contributed by atoms with van der Waals surface area (Å²) in [6.45, 7) is 1.60. The summed E-state index contributed by atoms with van der Waals surface area (Å²) in [5.74, 6) is -0.435. The minimum atomic E-state index is -4.47. The van der Waals surface area contributed by atoms with Crippen LogP contribution in [0.1, 0.15) is 38.4 Å². The maximum Gasteiger partial charge on any atom is 0.417 e. The predicted molar refractivity (Wildman–Crippen MR) is 101 cm³/mol.